The second-order valence-electron chi connectivity index (χ2n) is 4.57. The molecule has 0 unspecified atom stereocenters. The smallest absolute Gasteiger partial charge is 0.0970 e. The molecule has 2 heterocycles. The molecule has 0 amide bonds. The lowest BCUT2D eigenvalue weighted by Crippen LogP contribution is -1.91. The first-order valence-electron chi connectivity index (χ1n) is 5.79. The van der Waals surface area contributed by atoms with Crippen LogP contribution in [-0.4, -0.2) is 9.97 Å². The fraction of sp³-hybridized carbons (Fsp3) is 0.200. The number of hydrogen-bond acceptors (Lipinski definition) is 2. The summed E-state index contributed by atoms with van der Waals surface area (Å²) in [4.78, 5) is 9.27. The maximum Gasteiger partial charge on any atom is 0.0970 e. The summed E-state index contributed by atoms with van der Waals surface area (Å²) >= 11 is 0. The van der Waals surface area contributed by atoms with E-state index in [1.54, 1.807) is 0 Å². The second kappa shape index (κ2) is 3.52. The van der Waals surface area contributed by atoms with Crippen LogP contribution in [0.1, 0.15) is 17.0 Å². The summed E-state index contributed by atoms with van der Waals surface area (Å²) in [7, 11) is 0. The quantitative estimate of drug-likeness (QED) is 0.542. The van der Waals surface area contributed by atoms with Crippen LogP contribution in [0.25, 0.3) is 21.8 Å². The van der Waals surface area contributed by atoms with Crippen molar-refractivity contribution in [2.75, 3.05) is 0 Å². The van der Waals surface area contributed by atoms with Crippen LogP contribution in [0, 0.1) is 20.8 Å². The molecule has 0 aliphatic carbocycles. The van der Waals surface area contributed by atoms with E-state index in [1.807, 2.05) is 19.9 Å². The Bertz CT molecular complexity index is 730. The first kappa shape index (κ1) is 10.2. The third kappa shape index (κ3) is 1.57. The van der Waals surface area contributed by atoms with Crippen LogP contribution in [0.4, 0.5) is 0 Å². The Morgan fingerprint density at radius 1 is 0.765 bits per heavy atom. The third-order valence-corrected chi connectivity index (χ3v) is 3.12. The topological polar surface area (TPSA) is 25.8 Å². The second-order valence-corrected chi connectivity index (χ2v) is 4.57. The van der Waals surface area contributed by atoms with Gasteiger partial charge in [-0.25, -0.2) is 0 Å². The average Bonchev–Trinajstić information content (AvgIpc) is 2.30. The minimum Gasteiger partial charge on any atom is -0.251 e. The maximum absolute atomic E-state index is 4.64. The molecule has 1 aromatic carbocycles. The number of aryl methyl sites for hydroxylation is 3. The van der Waals surface area contributed by atoms with Crippen molar-refractivity contribution < 1.29 is 0 Å². The van der Waals surface area contributed by atoms with E-state index in [0.717, 1.165) is 22.4 Å². The Hall–Kier alpha value is -1.96. The predicted octanol–water partition coefficient (Wildman–Crippen LogP) is 3.71. The molecule has 0 atom stereocenters. The van der Waals surface area contributed by atoms with Crippen LogP contribution in [0.15, 0.2) is 30.3 Å². The monoisotopic (exact) mass is 222 g/mol. The molecule has 0 saturated carbocycles. The Labute approximate surface area is 100 Å². The lowest BCUT2D eigenvalue weighted by Gasteiger charge is -2.07. The van der Waals surface area contributed by atoms with Gasteiger partial charge in [-0.1, -0.05) is 12.1 Å². The normalized spacial score (nSPS) is 11.2. The Kier molecular flexibility index (Phi) is 2.11. The van der Waals surface area contributed by atoms with Crippen molar-refractivity contribution in [3.05, 3.63) is 47.3 Å². The summed E-state index contributed by atoms with van der Waals surface area (Å²) in [5.74, 6) is 0. The zero-order valence-electron chi connectivity index (χ0n) is 10.3. The molecule has 0 fully saturated rings. The molecule has 2 nitrogen and oxygen atoms in total. The van der Waals surface area contributed by atoms with Crippen molar-refractivity contribution in [1.29, 1.82) is 0 Å². The number of fused-ring (bicyclic) bond motifs is 3. The van der Waals surface area contributed by atoms with Gasteiger partial charge < -0.3 is 0 Å². The van der Waals surface area contributed by atoms with Gasteiger partial charge in [0, 0.05) is 22.2 Å². The standard InChI is InChI=1S/C15H14N2/c1-9-8-12-6-4-10(2)16-14(12)15-13(9)7-5-11(3)17-15/h4-8H,1-3H3. The predicted molar refractivity (Wildman–Crippen MR) is 71.3 cm³/mol. The fourth-order valence-corrected chi connectivity index (χ4v) is 2.24. The van der Waals surface area contributed by atoms with E-state index in [-0.39, 0.29) is 0 Å². The molecule has 0 radical (unpaired) electrons. The molecule has 0 bridgehead atoms. The van der Waals surface area contributed by atoms with Crippen LogP contribution < -0.4 is 0 Å². The van der Waals surface area contributed by atoms with Crippen LogP contribution in [0.3, 0.4) is 0 Å². The highest BCUT2D eigenvalue weighted by Crippen LogP contribution is 2.26. The van der Waals surface area contributed by atoms with E-state index in [2.05, 4.69) is 41.2 Å². The highest BCUT2D eigenvalue weighted by molar-refractivity contribution is 6.04. The maximum atomic E-state index is 4.64. The van der Waals surface area contributed by atoms with Gasteiger partial charge in [-0.2, -0.15) is 0 Å². The van der Waals surface area contributed by atoms with Gasteiger partial charge in [0.2, 0.25) is 0 Å². The number of benzene rings is 1. The molecule has 3 rings (SSSR count). The van der Waals surface area contributed by atoms with E-state index in [0.29, 0.717) is 0 Å². The summed E-state index contributed by atoms with van der Waals surface area (Å²) in [5, 5.41) is 2.36. The number of hydrogen-bond donors (Lipinski definition) is 0. The van der Waals surface area contributed by atoms with Crippen molar-refractivity contribution in [1.82, 2.24) is 9.97 Å². The summed E-state index contributed by atoms with van der Waals surface area (Å²) in [6.45, 7) is 6.16. The molecular formula is C15H14N2. The molecule has 2 heteroatoms. The molecule has 0 saturated heterocycles. The van der Waals surface area contributed by atoms with Gasteiger partial charge in [-0.05, 0) is 44.5 Å². The molecule has 0 N–H and O–H groups in total. The van der Waals surface area contributed by atoms with E-state index in [9.17, 15) is 0 Å². The Morgan fingerprint density at radius 2 is 1.41 bits per heavy atom. The fourth-order valence-electron chi connectivity index (χ4n) is 2.24. The van der Waals surface area contributed by atoms with Crippen LogP contribution in [-0.2, 0) is 0 Å². The van der Waals surface area contributed by atoms with Gasteiger partial charge >= 0.3 is 0 Å². The van der Waals surface area contributed by atoms with Crippen molar-refractivity contribution in [3.8, 4) is 0 Å². The lowest BCUT2D eigenvalue weighted by molar-refractivity contribution is 1.22. The molecule has 17 heavy (non-hydrogen) atoms. The van der Waals surface area contributed by atoms with Gasteiger partial charge in [0.05, 0.1) is 11.0 Å². The Balaban J connectivity index is 2.59. The largest absolute Gasteiger partial charge is 0.251 e. The summed E-state index contributed by atoms with van der Waals surface area (Å²) in [6.07, 6.45) is 0. The first-order chi connectivity index (χ1) is 8.15. The number of rotatable bonds is 0. The highest BCUT2D eigenvalue weighted by atomic mass is 14.8. The Morgan fingerprint density at radius 3 is 2.18 bits per heavy atom. The zero-order chi connectivity index (χ0) is 12.0. The van der Waals surface area contributed by atoms with Crippen molar-refractivity contribution in [3.63, 3.8) is 0 Å². The lowest BCUT2D eigenvalue weighted by atomic mass is 10.0. The van der Waals surface area contributed by atoms with Gasteiger partial charge in [-0.3, -0.25) is 9.97 Å². The van der Waals surface area contributed by atoms with Gasteiger partial charge in [0.1, 0.15) is 0 Å². The molecule has 84 valence electrons. The summed E-state index contributed by atoms with van der Waals surface area (Å²) in [5.41, 5.74) is 5.35. The number of pyridine rings is 2. The van der Waals surface area contributed by atoms with E-state index >= 15 is 0 Å². The number of nitrogens with zero attached hydrogens (tertiary/aromatic N) is 2. The van der Waals surface area contributed by atoms with E-state index in [4.69, 9.17) is 0 Å². The molecule has 0 aliphatic rings. The van der Waals surface area contributed by atoms with Gasteiger partial charge in [0.15, 0.2) is 0 Å². The zero-order valence-corrected chi connectivity index (χ0v) is 10.3. The van der Waals surface area contributed by atoms with Crippen molar-refractivity contribution in [2.24, 2.45) is 0 Å². The SMILES string of the molecule is Cc1ccc2cc(C)c3ccc(C)nc3c2n1. The van der Waals surface area contributed by atoms with Gasteiger partial charge in [0.25, 0.3) is 0 Å². The van der Waals surface area contributed by atoms with Crippen LogP contribution in [0.5, 0.6) is 0 Å². The van der Waals surface area contributed by atoms with Crippen LogP contribution >= 0.6 is 0 Å². The minimum atomic E-state index is 1.01. The van der Waals surface area contributed by atoms with Gasteiger partial charge in [-0.15, -0.1) is 0 Å². The van der Waals surface area contributed by atoms with Crippen molar-refractivity contribution in [2.45, 2.75) is 20.8 Å². The van der Waals surface area contributed by atoms with E-state index in [1.165, 1.54) is 16.3 Å². The molecule has 2 aromatic heterocycles. The van der Waals surface area contributed by atoms with E-state index < -0.39 is 0 Å². The third-order valence-electron chi connectivity index (χ3n) is 3.12. The molecular weight excluding hydrogens is 208 g/mol. The number of aromatic nitrogens is 2. The molecule has 0 spiro atoms. The first-order valence-corrected chi connectivity index (χ1v) is 5.79. The average molecular weight is 222 g/mol. The highest BCUT2D eigenvalue weighted by Gasteiger charge is 2.06. The summed E-state index contributed by atoms with van der Waals surface area (Å²) < 4.78 is 0. The van der Waals surface area contributed by atoms with Crippen molar-refractivity contribution >= 4 is 21.8 Å². The molecule has 0 aliphatic heterocycles. The summed E-state index contributed by atoms with van der Waals surface area (Å²) in [6, 6.07) is 10.5. The molecule has 3 aromatic rings. The minimum absolute atomic E-state index is 1.01. The van der Waals surface area contributed by atoms with Crippen LogP contribution in [0.2, 0.25) is 0 Å².